The molecule has 0 aliphatic rings. The SMILES string of the molecule is C=CNc1ccc(-c2ncc(-c3cccc(-c4cnc(-c5ccc(NC)cc5)[nH]4)c3)[nH]2)cc1. The highest BCUT2D eigenvalue weighted by atomic mass is 14.9. The van der Waals surface area contributed by atoms with E-state index in [2.05, 4.69) is 67.5 Å². The number of H-pyrrole nitrogens is 2. The normalized spacial score (nSPS) is 10.7. The molecule has 6 heteroatoms. The molecule has 0 saturated carbocycles. The first-order valence-corrected chi connectivity index (χ1v) is 10.7. The molecular formula is C27H24N6. The molecule has 5 rings (SSSR count). The van der Waals surface area contributed by atoms with Crippen LogP contribution in [0, 0.1) is 0 Å². The molecule has 0 aliphatic carbocycles. The quantitative estimate of drug-likeness (QED) is 0.240. The van der Waals surface area contributed by atoms with Gasteiger partial charge in [-0.05, 0) is 60.8 Å². The van der Waals surface area contributed by atoms with Crippen LogP contribution in [-0.2, 0) is 0 Å². The molecule has 6 nitrogen and oxygen atoms in total. The lowest BCUT2D eigenvalue weighted by molar-refractivity contribution is 1.31. The number of nitrogens with zero attached hydrogens (tertiary/aromatic N) is 2. The Kier molecular flexibility index (Phi) is 5.47. The number of hydrogen-bond donors (Lipinski definition) is 4. The first-order valence-electron chi connectivity index (χ1n) is 10.7. The first kappa shape index (κ1) is 20.3. The second kappa shape index (κ2) is 8.88. The van der Waals surface area contributed by atoms with Crippen LogP contribution in [-0.4, -0.2) is 27.0 Å². The second-order valence-corrected chi connectivity index (χ2v) is 7.62. The van der Waals surface area contributed by atoms with Crippen molar-refractivity contribution in [1.29, 1.82) is 0 Å². The third-order valence-corrected chi connectivity index (χ3v) is 5.51. The molecule has 0 bridgehead atoms. The van der Waals surface area contributed by atoms with Crippen molar-refractivity contribution in [1.82, 2.24) is 19.9 Å². The van der Waals surface area contributed by atoms with Gasteiger partial charge in [-0.25, -0.2) is 9.97 Å². The van der Waals surface area contributed by atoms with Gasteiger partial charge >= 0.3 is 0 Å². The molecule has 0 saturated heterocycles. The van der Waals surface area contributed by atoms with E-state index in [1.54, 1.807) is 6.20 Å². The lowest BCUT2D eigenvalue weighted by Crippen LogP contribution is -1.87. The maximum atomic E-state index is 4.58. The van der Waals surface area contributed by atoms with Crippen LogP contribution in [0.2, 0.25) is 0 Å². The highest BCUT2D eigenvalue weighted by Gasteiger charge is 2.09. The minimum Gasteiger partial charge on any atom is -0.388 e. The minimum atomic E-state index is 0.828. The van der Waals surface area contributed by atoms with E-state index < -0.39 is 0 Å². The van der Waals surface area contributed by atoms with Gasteiger partial charge in [0.05, 0.1) is 23.8 Å². The van der Waals surface area contributed by atoms with E-state index in [-0.39, 0.29) is 0 Å². The standard InChI is InChI=1S/C27H24N6/c1-3-29-23-13-9-19(10-14-23)27-31-17-25(33-27)21-6-4-5-20(15-21)24-16-30-26(32-24)18-7-11-22(28-2)12-8-18/h3-17,28-29H,1H2,2H3,(H,30,32)(H,31,33). The molecule has 0 fully saturated rings. The Bertz CT molecular complexity index is 1380. The van der Waals surface area contributed by atoms with Crippen LogP contribution in [0.1, 0.15) is 0 Å². The number of anilines is 2. The lowest BCUT2D eigenvalue weighted by atomic mass is 10.1. The molecule has 0 aliphatic heterocycles. The van der Waals surface area contributed by atoms with Gasteiger partial charge in [-0.15, -0.1) is 0 Å². The highest BCUT2D eigenvalue weighted by molar-refractivity contribution is 5.72. The fourth-order valence-corrected chi connectivity index (χ4v) is 3.72. The maximum absolute atomic E-state index is 4.58. The number of aromatic nitrogens is 4. The molecule has 2 heterocycles. The fraction of sp³-hybridized carbons (Fsp3) is 0.0370. The largest absolute Gasteiger partial charge is 0.388 e. The van der Waals surface area contributed by atoms with Crippen LogP contribution < -0.4 is 10.6 Å². The van der Waals surface area contributed by atoms with Crippen LogP contribution in [0.25, 0.3) is 45.3 Å². The Balaban J connectivity index is 1.39. The van der Waals surface area contributed by atoms with Crippen molar-refractivity contribution in [2.45, 2.75) is 0 Å². The number of hydrogen-bond acceptors (Lipinski definition) is 4. The molecule has 4 N–H and O–H groups in total. The van der Waals surface area contributed by atoms with Gasteiger partial charge in [0, 0.05) is 40.7 Å². The Morgan fingerprint density at radius 2 is 1.21 bits per heavy atom. The zero-order valence-corrected chi connectivity index (χ0v) is 18.3. The Labute approximate surface area is 192 Å². The number of imidazole rings is 2. The highest BCUT2D eigenvalue weighted by Crippen LogP contribution is 2.28. The summed E-state index contributed by atoms with van der Waals surface area (Å²) in [6, 6.07) is 24.6. The maximum Gasteiger partial charge on any atom is 0.137 e. The van der Waals surface area contributed by atoms with Crippen LogP contribution >= 0.6 is 0 Å². The summed E-state index contributed by atoms with van der Waals surface area (Å²) < 4.78 is 0. The monoisotopic (exact) mass is 432 g/mol. The van der Waals surface area contributed by atoms with E-state index in [9.17, 15) is 0 Å². The van der Waals surface area contributed by atoms with E-state index in [0.29, 0.717) is 0 Å². The number of rotatable bonds is 7. The smallest absolute Gasteiger partial charge is 0.137 e. The fourth-order valence-electron chi connectivity index (χ4n) is 3.72. The third-order valence-electron chi connectivity index (χ3n) is 5.51. The van der Waals surface area contributed by atoms with Crippen LogP contribution in [0.15, 0.2) is 98.0 Å². The van der Waals surface area contributed by atoms with E-state index in [4.69, 9.17) is 0 Å². The Hall–Kier alpha value is -4.58. The number of nitrogens with one attached hydrogen (secondary N) is 4. The van der Waals surface area contributed by atoms with Gasteiger partial charge in [0.1, 0.15) is 11.6 Å². The van der Waals surface area contributed by atoms with E-state index in [1.165, 1.54) is 0 Å². The molecule has 0 radical (unpaired) electrons. The number of benzene rings is 3. The topological polar surface area (TPSA) is 81.4 Å². The van der Waals surface area contributed by atoms with E-state index in [0.717, 1.165) is 56.7 Å². The average Bonchev–Trinajstić information content (AvgIpc) is 3.56. The summed E-state index contributed by atoms with van der Waals surface area (Å²) in [6.45, 7) is 3.69. The van der Waals surface area contributed by atoms with Crippen molar-refractivity contribution in [3.8, 4) is 45.3 Å². The van der Waals surface area contributed by atoms with Gasteiger partial charge in [-0.2, -0.15) is 0 Å². The summed E-state index contributed by atoms with van der Waals surface area (Å²) in [7, 11) is 1.91. The van der Waals surface area contributed by atoms with Gasteiger partial charge in [-0.1, -0.05) is 24.8 Å². The van der Waals surface area contributed by atoms with Crippen molar-refractivity contribution in [3.05, 3.63) is 98.0 Å². The molecule has 0 unspecified atom stereocenters. The summed E-state index contributed by atoms with van der Waals surface area (Å²) >= 11 is 0. The van der Waals surface area contributed by atoms with Gasteiger partial charge in [0.2, 0.25) is 0 Å². The average molecular weight is 433 g/mol. The van der Waals surface area contributed by atoms with Gasteiger partial charge in [0.25, 0.3) is 0 Å². The van der Waals surface area contributed by atoms with Crippen molar-refractivity contribution in [2.24, 2.45) is 0 Å². The number of aromatic amines is 2. The molecule has 5 aromatic rings. The summed E-state index contributed by atoms with van der Waals surface area (Å²) in [5.41, 5.74) is 8.18. The molecule has 0 spiro atoms. The van der Waals surface area contributed by atoms with E-state index >= 15 is 0 Å². The summed E-state index contributed by atoms with van der Waals surface area (Å²) in [5, 5.41) is 6.21. The minimum absolute atomic E-state index is 0.828. The Morgan fingerprint density at radius 1 is 0.697 bits per heavy atom. The molecular weight excluding hydrogens is 408 g/mol. The first-order chi connectivity index (χ1) is 16.2. The van der Waals surface area contributed by atoms with Crippen LogP contribution in [0.5, 0.6) is 0 Å². The van der Waals surface area contributed by atoms with Crippen molar-refractivity contribution in [3.63, 3.8) is 0 Å². The molecule has 2 aromatic heterocycles. The molecule has 162 valence electrons. The summed E-state index contributed by atoms with van der Waals surface area (Å²) in [4.78, 5) is 16.0. The van der Waals surface area contributed by atoms with Gasteiger partial charge in [-0.3, -0.25) is 0 Å². The second-order valence-electron chi connectivity index (χ2n) is 7.62. The van der Waals surface area contributed by atoms with Crippen LogP contribution in [0.3, 0.4) is 0 Å². The molecule has 3 aromatic carbocycles. The van der Waals surface area contributed by atoms with Crippen molar-refractivity contribution >= 4 is 11.4 Å². The van der Waals surface area contributed by atoms with Crippen molar-refractivity contribution < 1.29 is 0 Å². The van der Waals surface area contributed by atoms with Gasteiger partial charge < -0.3 is 20.6 Å². The van der Waals surface area contributed by atoms with Crippen LogP contribution in [0.4, 0.5) is 11.4 Å². The molecule has 33 heavy (non-hydrogen) atoms. The molecule has 0 atom stereocenters. The Morgan fingerprint density at radius 3 is 1.70 bits per heavy atom. The molecule has 0 amide bonds. The van der Waals surface area contributed by atoms with Crippen molar-refractivity contribution in [2.75, 3.05) is 17.7 Å². The van der Waals surface area contributed by atoms with Gasteiger partial charge in [0.15, 0.2) is 0 Å². The predicted molar refractivity (Wildman–Crippen MR) is 136 cm³/mol. The van der Waals surface area contributed by atoms with E-state index in [1.807, 2.05) is 61.9 Å². The predicted octanol–water partition coefficient (Wildman–Crippen LogP) is 6.40. The summed E-state index contributed by atoms with van der Waals surface area (Å²) in [6.07, 6.45) is 5.40. The summed E-state index contributed by atoms with van der Waals surface area (Å²) in [5.74, 6) is 1.67. The zero-order chi connectivity index (χ0) is 22.6. The third kappa shape index (κ3) is 4.27. The zero-order valence-electron chi connectivity index (χ0n) is 18.3. The lowest BCUT2D eigenvalue weighted by Gasteiger charge is -2.04.